The molecule has 0 atom stereocenters. The number of rotatable bonds is 3. The fraction of sp³-hybridized carbons (Fsp3) is 0.333. The summed E-state index contributed by atoms with van der Waals surface area (Å²) >= 11 is 0. The van der Waals surface area contributed by atoms with Gasteiger partial charge in [0, 0.05) is 11.3 Å². The largest absolute Gasteiger partial charge is 0.497 e. The van der Waals surface area contributed by atoms with Gasteiger partial charge in [-0.15, -0.1) is 0 Å². The molecule has 100 valence electrons. The molecule has 4 nitrogen and oxygen atoms in total. The first-order valence-electron chi connectivity index (χ1n) is 6.32. The summed E-state index contributed by atoms with van der Waals surface area (Å²) in [5.41, 5.74) is 3.58. The average molecular weight is 258 g/mol. The fourth-order valence-corrected chi connectivity index (χ4v) is 2.24. The molecule has 0 saturated heterocycles. The first-order valence-corrected chi connectivity index (χ1v) is 6.32. The molecule has 0 unspecified atom stereocenters. The molecule has 0 spiro atoms. The Morgan fingerprint density at radius 3 is 2.37 bits per heavy atom. The van der Waals surface area contributed by atoms with Crippen molar-refractivity contribution in [2.75, 3.05) is 7.11 Å². The van der Waals surface area contributed by atoms with Gasteiger partial charge in [0.25, 0.3) is 5.91 Å². The number of carbonyl (C=O) groups is 1. The maximum atomic E-state index is 12.4. The number of aryl methyl sites for hydroxylation is 1. The van der Waals surface area contributed by atoms with Crippen LogP contribution in [0.1, 0.15) is 34.2 Å². The van der Waals surface area contributed by atoms with Gasteiger partial charge in [-0.1, -0.05) is 6.92 Å². The van der Waals surface area contributed by atoms with E-state index in [1.54, 1.807) is 31.4 Å². The molecule has 1 aromatic carbocycles. The number of nitrogens with zero attached hydrogens (tertiary/aromatic N) is 2. The highest BCUT2D eigenvalue weighted by Crippen LogP contribution is 2.17. The number of carbonyl (C=O) groups excluding carboxylic acids is 1. The first-order chi connectivity index (χ1) is 9.08. The molecule has 1 heterocycles. The summed E-state index contributed by atoms with van der Waals surface area (Å²) in [4.78, 5) is 12.4. The van der Waals surface area contributed by atoms with Crippen molar-refractivity contribution >= 4 is 5.91 Å². The minimum Gasteiger partial charge on any atom is -0.497 e. The average Bonchev–Trinajstić information content (AvgIpc) is 2.72. The minimum atomic E-state index is -0.108. The van der Waals surface area contributed by atoms with Gasteiger partial charge in [-0.25, -0.2) is 4.68 Å². The molecule has 0 radical (unpaired) electrons. The Labute approximate surface area is 113 Å². The second-order valence-electron chi connectivity index (χ2n) is 4.45. The Balaban J connectivity index is 2.38. The zero-order valence-corrected chi connectivity index (χ0v) is 11.7. The van der Waals surface area contributed by atoms with E-state index in [9.17, 15) is 4.79 Å². The zero-order chi connectivity index (χ0) is 14.0. The molecule has 4 heteroatoms. The van der Waals surface area contributed by atoms with Gasteiger partial charge in [0.1, 0.15) is 5.75 Å². The summed E-state index contributed by atoms with van der Waals surface area (Å²) in [6.07, 6.45) is 0.882. The van der Waals surface area contributed by atoms with E-state index in [4.69, 9.17) is 4.74 Å². The fourth-order valence-electron chi connectivity index (χ4n) is 2.24. The summed E-state index contributed by atoms with van der Waals surface area (Å²) in [6, 6.07) is 7.06. The van der Waals surface area contributed by atoms with E-state index in [2.05, 4.69) is 12.0 Å². The minimum absolute atomic E-state index is 0.108. The van der Waals surface area contributed by atoms with Crippen LogP contribution in [0.5, 0.6) is 5.75 Å². The molecule has 1 aromatic heterocycles. The molecule has 0 aliphatic carbocycles. The van der Waals surface area contributed by atoms with Crippen molar-refractivity contribution in [3.8, 4) is 5.75 Å². The Morgan fingerprint density at radius 1 is 1.26 bits per heavy atom. The summed E-state index contributed by atoms with van der Waals surface area (Å²) in [5.74, 6) is 0.627. The molecule has 2 rings (SSSR count). The van der Waals surface area contributed by atoms with E-state index in [0.29, 0.717) is 5.56 Å². The molecule has 0 saturated carbocycles. The number of benzene rings is 1. The van der Waals surface area contributed by atoms with Crippen LogP contribution in [0.25, 0.3) is 0 Å². The lowest BCUT2D eigenvalue weighted by molar-refractivity contribution is 0.0942. The Hall–Kier alpha value is -2.10. The standard InChI is InChI=1S/C15H18N2O2/c1-5-14-10(2)16-17(11(14)3)15(18)12-6-8-13(19-4)9-7-12/h6-9H,5H2,1-4H3. The molecule has 0 N–H and O–H groups in total. The monoisotopic (exact) mass is 258 g/mol. The maximum absolute atomic E-state index is 12.4. The van der Waals surface area contributed by atoms with Gasteiger partial charge in [-0.3, -0.25) is 4.79 Å². The van der Waals surface area contributed by atoms with Crippen molar-refractivity contribution in [1.82, 2.24) is 9.78 Å². The SMILES string of the molecule is CCc1c(C)nn(C(=O)c2ccc(OC)cc2)c1C. The molecule has 19 heavy (non-hydrogen) atoms. The van der Waals surface area contributed by atoms with Crippen molar-refractivity contribution < 1.29 is 9.53 Å². The van der Waals surface area contributed by atoms with Crippen LogP contribution in [-0.2, 0) is 6.42 Å². The van der Waals surface area contributed by atoms with Gasteiger partial charge in [-0.05, 0) is 50.1 Å². The van der Waals surface area contributed by atoms with Crippen LogP contribution in [0.4, 0.5) is 0 Å². The maximum Gasteiger partial charge on any atom is 0.278 e. The predicted octanol–water partition coefficient (Wildman–Crippen LogP) is 2.76. The Kier molecular flexibility index (Phi) is 3.69. The molecule has 0 amide bonds. The molecule has 2 aromatic rings. The Morgan fingerprint density at radius 2 is 1.89 bits per heavy atom. The third kappa shape index (κ3) is 2.38. The molecule has 0 aliphatic rings. The van der Waals surface area contributed by atoms with Crippen molar-refractivity contribution in [2.45, 2.75) is 27.2 Å². The van der Waals surface area contributed by atoms with E-state index in [1.807, 2.05) is 13.8 Å². The normalized spacial score (nSPS) is 10.5. The van der Waals surface area contributed by atoms with E-state index in [-0.39, 0.29) is 5.91 Å². The molecular weight excluding hydrogens is 240 g/mol. The topological polar surface area (TPSA) is 44.1 Å². The van der Waals surface area contributed by atoms with Crippen LogP contribution in [-0.4, -0.2) is 22.8 Å². The molecule has 0 aliphatic heterocycles. The smallest absolute Gasteiger partial charge is 0.278 e. The lowest BCUT2D eigenvalue weighted by atomic mass is 10.1. The van der Waals surface area contributed by atoms with Gasteiger partial charge in [0.15, 0.2) is 0 Å². The highest BCUT2D eigenvalue weighted by molar-refractivity contribution is 5.96. The highest BCUT2D eigenvalue weighted by atomic mass is 16.5. The molecule has 0 fully saturated rings. The number of aromatic nitrogens is 2. The predicted molar refractivity (Wildman–Crippen MR) is 73.8 cm³/mol. The quantitative estimate of drug-likeness (QED) is 0.850. The lowest BCUT2D eigenvalue weighted by Crippen LogP contribution is -2.15. The molecule has 0 bridgehead atoms. The van der Waals surface area contributed by atoms with Gasteiger partial charge in [0.2, 0.25) is 0 Å². The van der Waals surface area contributed by atoms with Crippen LogP contribution in [0, 0.1) is 13.8 Å². The van der Waals surface area contributed by atoms with Gasteiger partial charge >= 0.3 is 0 Å². The van der Waals surface area contributed by atoms with E-state index in [1.165, 1.54) is 4.68 Å². The summed E-state index contributed by atoms with van der Waals surface area (Å²) in [7, 11) is 1.60. The Bertz CT molecular complexity index is 597. The van der Waals surface area contributed by atoms with E-state index in [0.717, 1.165) is 29.1 Å². The highest BCUT2D eigenvalue weighted by Gasteiger charge is 2.16. The number of ether oxygens (including phenoxy) is 1. The number of hydrogen-bond acceptors (Lipinski definition) is 3. The van der Waals surface area contributed by atoms with Crippen molar-refractivity contribution in [1.29, 1.82) is 0 Å². The number of methoxy groups -OCH3 is 1. The molecular formula is C15H18N2O2. The van der Waals surface area contributed by atoms with Gasteiger partial charge in [-0.2, -0.15) is 5.10 Å². The van der Waals surface area contributed by atoms with Crippen LogP contribution in [0.15, 0.2) is 24.3 Å². The van der Waals surface area contributed by atoms with Gasteiger partial charge in [0.05, 0.1) is 12.8 Å². The third-order valence-corrected chi connectivity index (χ3v) is 3.32. The summed E-state index contributed by atoms with van der Waals surface area (Å²) in [5, 5.41) is 4.34. The van der Waals surface area contributed by atoms with E-state index < -0.39 is 0 Å². The van der Waals surface area contributed by atoms with Crippen molar-refractivity contribution in [3.63, 3.8) is 0 Å². The van der Waals surface area contributed by atoms with Crippen LogP contribution >= 0.6 is 0 Å². The van der Waals surface area contributed by atoms with Crippen molar-refractivity contribution in [3.05, 3.63) is 46.8 Å². The van der Waals surface area contributed by atoms with Gasteiger partial charge < -0.3 is 4.74 Å². The third-order valence-electron chi connectivity index (χ3n) is 3.32. The second-order valence-corrected chi connectivity index (χ2v) is 4.45. The first kappa shape index (κ1) is 13.3. The lowest BCUT2D eigenvalue weighted by Gasteiger charge is -2.05. The summed E-state index contributed by atoms with van der Waals surface area (Å²) < 4.78 is 6.57. The van der Waals surface area contributed by atoms with Crippen LogP contribution < -0.4 is 4.74 Å². The van der Waals surface area contributed by atoms with E-state index >= 15 is 0 Å². The van der Waals surface area contributed by atoms with Crippen LogP contribution in [0.2, 0.25) is 0 Å². The second kappa shape index (κ2) is 5.26. The zero-order valence-electron chi connectivity index (χ0n) is 11.7. The van der Waals surface area contributed by atoms with Crippen molar-refractivity contribution in [2.24, 2.45) is 0 Å². The summed E-state index contributed by atoms with van der Waals surface area (Å²) in [6.45, 7) is 5.93. The number of hydrogen-bond donors (Lipinski definition) is 0. The van der Waals surface area contributed by atoms with Crippen LogP contribution in [0.3, 0.4) is 0 Å².